The zero-order valence-corrected chi connectivity index (χ0v) is 7.95. The molecule has 1 aliphatic rings. The van der Waals surface area contributed by atoms with Crippen molar-refractivity contribution in [3.05, 3.63) is 0 Å². The summed E-state index contributed by atoms with van der Waals surface area (Å²) in [5.41, 5.74) is 0. The molecule has 0 spiro atoms. The summed E-state index contributed by atoms with van der Waals surface area (Å²) in [5, 5.41) is 0. The highest BCUT2D eigenvalue weighted by molar-refractivity contribution is 5.62. The maximum atomic E-state index is 12.4. The standard InChI is InChI=1S/C7H7F3O6/c1-13-5(11)16-4(7(8,9)10)3-2-14-6(12)15-3/h3-4H,2H2,1H3. The molecule has 9 heteroatoms. The average Bonchev–Trinajstić information content (AvgIpc) is 2.58. The number of halogens is 3. The molecule has 2 unspecified atom stereocenters. The van der Waals surface area contributed by atoms with Gasteiger partial charge in [0, 0.05) is 0 Å². The molecule has 1 fully saturated rings. The van der Waals surface area contributed by atoms with Gasteiger partial charge in [-0.3, -0.25) is 0 Å². The lowest BCUT2D eigenvalue weighted by molar-refractivity contribution is -0.229. The molecule has 16 heavy (non-hydrogen) atoms. The Bertz CT molecular complexity index is 288. The first-order valence-corrected chi connectivity index (χ1v) is 3.99. The van der Waals surface area contributed by atoms with E-state index in [0.29, 0.717) is 0 Å². The Labute approximate surface area is 87.2 Å². The number of hydrogen-bond donors (Lipinski definition) is 0. The second kappa shape index (κ2) is 4.45. The molecule has 1 heterocycles. The Kier molecular flexibility index (Phi) is 3.45. The molecule has 0 aliphatic carbocycles. The highest BCUT2D eigenvalue weighted by Crippen LogP contribution is 2.29. The van der Waals surface area contributed by atoms with Gasteiger partial charge >= 0.3 is 18.5 Å². The lowest BCUT2D eigenvalue weighted by atomic mass is 10.2. The van der Waals surface area contributed by atoms with Gasteiger partial charge in [-0.25, -0.2) is 9.59 Å². The Morgan fingerprint density at radius 3 is 2.56 bits per heavy atom. The van der Waals surface area contributed by atoms with Crippen molar-refractivity contribution < 1.29 is 41.7 Å². The van der Waals surface area contributed by atoms with Crippen molar-refractivity contribution >= 4 is 12.3 Å². The third kappa shape index (κ3) is 2.91. The van der Waals surface area contributed by atoms with Crippen molar-refractivity contribution in [3.8, 4) is 0 Å². The van der Waals surface area contributed by atoms with E-state index in [1.807, 2.05) is 0 Å². The van der Waals surface area contributed by atoms with Crippen molar-refractivity contribution in [1.82, 2.24) is 0 Å². The Hall–Kier alpha value is -1.67. The molecule has 0 amide bonds. The zero-order valence-electron chi connectivity index (χ0n) is 7.95. The quantitative estimate of drug-likeness (QED) is 0.680. The summed E-state index contributed by atoms with van der Waals surface area (Å²) in [7, 11) is 0.854. The number of alkyl halides is 3. The van der Waals surface area contributed by atoms with Crippen molar-refractivity contribution in [2.45, 2.75) is 18.4 Å². The predicted octanol–water partition coefficient (Wildman–Crippen LogP) is 1.24. The SMILES string of the molecule is COC(=O)OC(C1COC(=O)O1)C(F)(F)F. The summed E-state index contributed by atoms with van der Waals surface area (Å²) < 4.78 is 53.5. The first-order chi connectivity index (χ1) is 7.34. The van der Waals surface area contributed by atoms with E-state index in [1.165, 1.54) is 0 Å². The molecular weight excluding hydrogens is 237 g/mol. The lowest BCUT2D eigenvalue weighted by Crippen LogP contribution is -2.44. The molecular formula is C7H7F3O6. The van der Waals surface area contributed by atoms with Gasteiger partial charge in [0.1, 0.15) is 6.61 Å². The van der Waals surface area contributed by atoms with E-state index in [9.17, 15) is 22.8 Å². The van der Waals surface area contributed by atoms with E-state index < -0.39 is 37.3 Å². The van der Waals surface area contributed by atoms with Crippen LogP contribution in [0.1, 0.15) is 0 Å². The van der Waals surface area contributed by atoms with Crippen LogP contribution in [0.25, 0.3) is 0 Å². The first-order valence-electron chi connectivity index (χ1n) is 3.99. The van der Waals surface area contributed by atoms with E-state index >= 15 is 0 Å². The lowest BCUT2D eigenvalue weighted by Gasteiger charge is -2.22. The van der Waals surface area contributed by atoms with Crippen LogP contribution in [-0.2, 0) is 18.9 Å². The fourth-order valence-electron chi connectivity index (χ4n) is 0.996. The highest BCUT2D eigenvalue weighted by Gasteiger charge is 2.52. The van der Waals surface area contributed by atoms with E-state index in [-0.39, 0.29) is 0 Å². The summed E-state index contributed by atoms with van der Waals surface area (Å²) >= 11 is 0. The molecule has 0 aromatic rings. The number of carbonyl (C=O) groups excluding carboxylic acids is 2. The zero-order chi connectivity index (χ0) is 12.3. The summed E-state index contributed by atoms with van der Waals surface area (Å²) in [6.07, 6.45) is -12.0. The Balaban J connectivity index is 2.72. The minimum Gasteiger partial charge on any atom is -0.438 e. The minimum atomic E-state index is -4.88. The predicted molar refractivity (Wildman–Crippen MR) is 39.6 cm³/mol. The summed E-state index contributed by atoms with van der Waals surface area (Å²) in [6, 6.07) is 0. The van der Waals surface area contributed by atoms with Crippen LogP contribution in [0, 0.1) is 0 Å². The molecule has 1 aliphatic heterocycles. The van der Waals surface area contributed by atoms with Gasteiger partial charge in [0.2, 0.25) is 6.10 Å². The van der Waals surface area contributed by atoms with Crippen LogP contribution in [-0.4, -0.2) is 44.4 Å². The monoisotopic (exact) mass is 244 g/mol. The van der Waals surface area contributed by atoms with E-state index in [0.717, 1.165) is 7.11 Å². The molecule has 0 aromatic heterocycles. The Morgan fingerprint density at radius 2 is 2.19 bits per heavy atom. The molecule has 2 atom stereocenters. The van der Waals surface area contributed by atoms with E-state index in [1.54, 1.807) is 0 Å². The number of carbonyl (C=O) groups is 2. The van der Waals surface area contributed by atoms with Crippen LogP contribution in [0.3, 0.4) is 0 Å². The molecule has 6 nitrogen and oxygen atoms in total. The van der Waals surface area contributed by atoms with Gasteiger partial charge in [0.05, 0.1) is 7.11 Å². The second-order valence-corrected chi connectivity index (χ2v) is 2.75. The molecule has 1 rings (SSSR count). The Morgan fingerprint density at radius 1 is 1.56 bits per heavy atom. The number of cyclic esters (lactones) is 2. The highest BCUT2D eigenvalue weighted by atomic mass is 19.4. The van der Waals surface area contributed by atoms with Gasteiger partial charge in [-0.05, 0) is 0 Å². The molecule has 0 bridgehead atoms. The van der Waals surface area contributed by atoms with Crippen LogP contribution < -0.4 is 0 Å². The van der Waals surface area contributed by atoms with Gasteiger partial charge in [0.25, 0.3) is 0 Å². The summed E-state index contributed by atoms with van der Waals surface area (Å²) in [6.45, 7) is -0.639. The van der Waals surface area contributed by atoms with Gasteiger partial charge in [-0.2, -0.15) is 13.2 Å². The maximum Gasteiger partial charge on any atom is 0.508 e. The third-order valence-corrected chi connectivity index (χ3v) is 1.66. The normalized spacial score (nSPS) is 22.0. The molecule has 1 saturated heterocycles. The molecule has 0 aromatic carbocycles. The van der Waals surface area contributed by atoms with Crippen LogP contribution in [0.15, 0.2) is 0 Å². The minimum absolute atomic E-state index is 0.639. The molecule has 0 N–H and O–H groups in total. The van der Waals surface area contributed by atoms with Gasteiger partial charge in [-0.1, -0.05) is 0 Å². The second-order valence-electron chi connectivity index (χ2n) is 2.75. The topological polar surface area (TPSA) is 71.1 Å². The van der Waals surface area contributed by atoms with E-state index in [4.69, 9.17) is 0 Å². The fourth-order valence-corrected chi connectivity index (χ4v) is 0.996. The maximum absolute atomic E-state index is 12.4. The molecule has 92 valence electrons. The van der Waals surface area contributed by atoms with Gasteiger partial charge in [-0.15, -0.1) is 0 Å². The van der Waals surface area contributed by atoms with Crippen molar-refractivity contribution in [1.29, 1.82) is 0 Å². The van der Waals surface area contributed by atoms with Crippen LogP contribution >= 0.6 is 0 Å². The first kappa shape index (κ1) is 12.4. The molecule has 0 saturated carbocycles. The van der Waals surface area contributed by atoms with Crippen molar-refractivity contribution in [3.63, 3.8) is 0 Å². The third-order valence-electron chi connectivity index (χ3n) is 1.66. The molecule has 0 radical (unpaired) electrons. The van der Waals surface area contributed by atoms with Crippen LogP contribution in [0.2, 0.25) is 0 Å². The summed E-state index contributed by atoms with van der Waals surface area (Å²) in [5.74, 6) is 0. The number of rotatable bonds is 2. The summed E-state index contributed by atoms with van der Waals surface area (Å²) in [4.78, 5) is 21.0. The van der Waals surface area contributed by atoms with Gasteiger partial charge in [0.15, 0.2) is 6.10 Å². The number of ether oxygens (including phenoxy) is 4. The van der Waals surface area contributed by atoms with Crippen molar-refractivity contribution in [2.75, 3.05) is 13.7 Å². The van der Waals surface area contributed by atoms with E-state index in [2.05, 4.69) is 18.9 Å². The average molecular weight is 244 g/mol. The van der Waals surface area contributed by atoms with Gasteiger partial charge < -0.3 is 18.9 Å². The van der Waals surface area contributed by atoms with Crippen LogP contribution in [0.4, 0.5) is 22.8 Å². The number of methoxy groups -OCH3 is 1. The largest absolute Gasteiger partial charge is 0.508 e. The smallest absolute Gasteiger partial charge is 0.438 e. The van der Waals surface area contributed by atoms with Crippen molar-refractivity contribution in [2.24, 2.45) is 0 Å². The number of hydrogen-bond acceptors (Lipinski definition) is 6. The van der Waals surface area contributed by atoms with Crippen LogP contribution in [0.5, 0.6) is 0 Å². The fraction of sp³-hybridized carbons (Fsp3) is 0.714.